The van der Waals surface area contributed by atoms with Gasteiger partial charge in [0.2, 0.25) is 0 Å². The lowest BCUT2D eigenvalue weighted by molar-refractivity contribution is 0.185. The van der Waals surface area contributed by atoms with Crippen LogP contribution in [0.2, 0.25) is 0 Å². The Labute approximate surface area is 154 Å². The normalized spacial score (nSPS) is 30.1. The Morgan fingerprint density at radius 2 is 1.44 bits per heavy atom. The van der Waals surface area contributed by atoms with E-state index < -0.39 is 0 Å². The Hall–Kier alpha value is -1.08. The van der Waals surface area contributed by atoms with E-state index in [2.05, 4.69) is 36.9 Å². The van der Waals surface area contributed by atoms with Crippen molar-refractivity contribution in [1.82, 2.24) is 0 Å². The van der Waals surface area contributed by atoms with Gasteiger partial charge >= 0.3 is 0 Å². The van der Waals surface area contributed by atoms with Gasteiger partial charge in [0.1, 0.15) is 0 Å². The second-order valence-corrected chi connectivity index (χ2v) is 8.49. The summed E-state index contributed by atoms with van der Waals surface area (Å²) in [6.45, 7) is 4.69. The molecule has 0 amide bonds. The summed E-state index contributed by atoms with van der Waals surface area (Å²) < 4.78 is 5.21. The fourth-order valence-electron chi connectivity index (χ4n) is 5.02. The van der Waals surface area contributed by atoms with Gasteiger partial charge in [0.15, 0.2) is 0 Å². The van der Waals surface area contributed by atoms with Gasteiger partial charge in [0.25, 0.3) is 0 Å². The van der Waals surface area contributed by atoms with E-state index in [0.29, 0.717) is 0 Å². The molecule has 25 heavy (non-hydrogen) atoms. The Balaban J connectivity index is 1.38. The molecule has 1 heteroatoms. The second kappa shape index (κ2) is 9.57. The van der Waals surface area contributed by atoms with Gasteiger partial charge in [-0.2, -0.15) is 0 Å². The first-order valence-corrected chi connectivity index (χ1v) is 10.5. The van der Waals surface area contributed by atoms with Crippen LogP contribution in [0.1, 0.15) is 81.3 Å². The molecule has 1 nitrogen and oxygen atoms in total. The Bertz CT molecular complexity index is 501. The zero-order chi connectivity index (χ0) is 17.5. The molecule has 0 N–H and O–H groups in total. The van der Waals surface area contributed by atoms with Crippen molar-refractivity contribution < 1.29 is 4.74 Å². The van der Waals surface area contributed by atoms with Crippen molar-refractivity contribution >= 4 is 0 Å². The molecule has 0 spiro atoms. The van der Waals surface area contributed by atoms with Gasteiger partial charge in [0, 0.05) is 7.11 Å². The first kappa shape index (κ1) is 18.7. The number of benzene rings is 1. The molecule has 138 valence electrons. The summed E-state index contributed by atoms with van der Waals surface area (Å²) in [7, 11) is 1.76. The molecule has 0 aliphatic heterocycles. The van der Waals surface area contributed by atoms with Crippen molar-refractivity contribution in [2.75, 3.05) is 7.11 Å². The van der Waals surface area contributed by atoms with Gasteiger partial charge in [-0.15, -0.1) is 6.58 Å². The van der Waals surface area contributed by atoms with Crippen LogP contribution in [-0.2, 0) is 11.3 Å². The minimum Gasteiger partial charge on any atom is -0.380 e. The van der Waals surface area contributed by atoms with Crippen molar-refractivity contribution in [2.45, 2.75) is 76.7 Å². The zero-order valence-electron chi connectivity index (χ0n) is 16.1. The highest BCUT2D eigenvalue weighted by molar-refractivity contribution is 5.25. The van der Waals surface area contributed by atoms with Gasteiger partial charge in [0.05, 0.1) is 6.61 Å². The van der Waals surface area contributed by atoms with Crippen molar-refractivity contribution in [2.24, 2.45) is 17.8 Å². The third-order valence-electron chi connectivity index (χ3n) is 6.82. The van der Waals surface area contributed by atoms with Gasteiger partial charge in [-0.1, -0.05) is 43.2 Å². The maximum Gasteiger partial charge on any atom is 0.0713 e. The Morgan fingerprint density at radius 1 is 0.880 bits per heavy atom. The van der Waals surface area contributed by atoms with E-state index in [0.717, 1.165) is 30.3 Å². The van der Waals surface area contributed by atoms with Crippen LogP contribution in [-0.4, -0.2) is 7.11 Å². The third kappa shape index (κ3) is 5.45. The van der Waals surface area contributed by atoms with Gasteiger partial charge in [-0.25, -0.2) is 0 Å². The molecule has 0 radical (unpaired) electrons. The lowest BCUT2D eigenvalue weighted by atomic mass is 9.74. The van der Waals surface area contributed by atoms with Crippen molar-refractivity contribution in [1.29, 1.82) is 0 Å². The summed E-state index contributed by atoms with van der Waals surface area (Å²) in [4.78, 5) is 0. The highest BCUT2D eigenvalue weighted by Crippen LogP contribution is 2.39. The van der Waals surface area contributed by atoms with E-state index in [1.165, 1.54) is 69.8 Å². The number of allylic oxidation sites excluding steroid dienone is 1. The van der Waals surface area contributed by atoms with Crippen LogP contribution in [0.3, 0.4) is 0 Å². The molecule has 2 fully saturated rings. The van der Waals surface area contributed by atoms with E-state index in [-0.39, 0.29) is 0 Å². The van der Waals surface area contributed by atoms with E-state index >= 15 is 0 Å². The molecule has 0 heterocycles. The minimum atomic E-state index is 0.724. The van der Waals surface area contributed by atoms with Crippen molar-refractivity contribution in [3.63, 3.8) is 0 Å². The molecule has 1 aromatic rings. The molecule has 2 aliphatic carbocycles. The first-order chi connectivity index (χ1) is 12.3. The smallest absolute Gasteiger partial charge is 0.0713 e. The predicted molar refractivity (Wildman–Crippen MR) is 107 cm³/mol. The van der Waals surface area contributed by atoms with Crippen LogP contribution in [0.5, 0.6) is 0 Å². The van der Waals surface area contributed by atoms with Crippen LogP contribution in [0.15, 0.2) is 36.9 Å². The molecule has 0 saturated heterocycles. The SMILES string of the molecule is C=C[C@H]1CC[C@H](CC[C@H]2CC[C@H](c3ccc(COC)cc3)CC2)CC1. The molecule has 0 unspecified atom stereocenters. The van der Waals surface area contributed by atoms with Crippen LogP contribution in [0.25, 0.3) is 0 Å². The van der Waals surface area contributed by atoms with Gasteiger partial charge < -0.3 is 4.74 Å². The quantitative estimate of drug-likeness (QED) is 0.492. The Morgan fingerprint density at radius 3 is 1.96 bits per heavy atom. The lowest BCUT2D eigenvalue weighted by Crippen LogP contribution is -2.17. The molecular formula is C24H36O. The van der Waals surface area contributed by atoms with Gasteiger partial charge in [-0.3, -0.25) is 0 Å². The van der Waals surface area contributed by atoms with E-state index in [4.69, 9.17) is 4.74 Å². The summed E-state index contributed by atoms with van der Waals surface area (Å²) >= 11 is 0. The number of hydrogen-bond donors (Lipinski definition) is 0. The van der Waals surface area contributed by atoms with Crippen LogP contribution in [0.4, 0.5) is 0 Å². The number of methoxy groups -OCH3 is 1. The Kier molecular flexibility index (Phi) is 7.16. The average molecular weight is 341 g/mol. The van der Waals surface area contributed by atoms with Crippen LogP contribution in [0, 0.1) is 17.8 Å². The first-order valence-electron chi connectivity index (χ1n) is 10.5. The van der Waals surface area contributed by atoms with Crippen molar-refractivity contribution in [3.8, 4) is 0 Å². The number of hydrogen-bond acceptors (Lipinski definition) is 1. The number of rotatable bonds is 7. The third-order valence-corrected chi connectivity index (χ3v) is 6.82. The standard InChI is InChI=1S/C24H36O/c1-3-19-4-6-20(7-5-19)8-9-21-10-14-23(15-11-21)24-16-12-22(13-17-24)18-25-2/h3,12-13,16-17,19-21,23H,1,4-11,14-15,18H2,2H3/t19-,20-,21-,23-. The van der Waals surface area contributed by atoms with Crippen LogP contribution >= 0.6 is 0 Å². The largest absolute Gasteiger partial charge is 0.380 e. The maximum atomic E-state index is 5.21. The molecule has 2 aliphatic rings. The summed E-state index contributed by atoms with van der Waals surface area (Å²) in [5, 5.41) is 0. The molecule has 1 aromatic carbocycles. The average Bonchev–Trinajstić information content (AvgIpc) is 2.68. The minimum absolute atomic E-state index is 0.724. The summed E-state index contributed by atoms with van der Waals surface area (Å²) in [6, 6.07) is 9.14. The van der Waals surface area contributed by atoms with Crippen LogP contribution < -0.4 is 0 Å². The highest BCUT2D eigenvalue weighted by atomic mass is 16.5. The van der Waals surface area contributed by atoms with Gasteiger partial charge in [-0.05, 0) is 86.2 Å². The summed E-state index contributed by atoms with van der Waals surface area (Å²) in [6.07, 6.45) is 16.4. The predicted octanol–water partition coefficient (Wildman–Crippen LogP) is 6.88. The van der Waals surface area contributed by atoms with E-state index in [1.54, 1.807) is 12.7 Å². The molecule has 0 aromatic heterocycles. The summed E-state index contributed by atoms with van der Waals surface area (Å²) in [5.41, 5.74) is 2.83. The second-order valence-electron chi connectivity index (χ2n) is 8.49. The van der Waals surface area contributed by atoms with E-state index in [9.17, 15) is 0 Å². The van der Waals surface area contributed by atoms with E-state index in [1.807, 2.05) is 0 Å². The monoisotopic (exact) mass is 340 g/mol. The fraction of sp³-hybridized carbons (Fsp3) is 0.667. The van der Waals surface area contributed by atoms with Crippen molar-refractivity contribution in [3.05, 3.63) is 48.0 Å². The molecular weight excluding hydrogens is 304 g/mol. The molecule has 2 saturated carbocycles. The molecule has 3 rings (SSSR count). The summed E-state index contributed by atoms with van der Waals surface area (Å²) in [5.74, 6) is 3.58. The molecule has 0 bridgehead atoms. The fourth-order valence-corrected chi connectivity index (χ4v) is 5.02. The highest BCUT2D eigenvalue weighted by Gasteiger charge is 2.24. The maximum absolute atomic E-state index is 5.21. The zero-order valence-corrected chi connectivity index (χ0v) is 16.1. The topological polar surface area (TPSA) is 9.23 Å². The number of ether oxygens (including phenoxy) is 1. The lowest BCUT2D eigenvalue weighted by Gasteiger charge is -2.31. The molecule has 0 atom stereocenters.